The van der Waals surface area contributed by atoms with Crippen molar-refractivity contribution in [2.45, 2.75) is 27.7 Å². The molecule has 0 aliphatic rings. The number of aromatic nitrogens is 4. The summed E-state index contributed by atoms with van der Waals surface area (Å²) in [5.74, 6) is 0.828. The Bertz CT molecular complexity index is 1150. The van der Waals surface area contributed by atoms with Crippen LogP contribution in [0.4, 0.5) is 4.39 Å². The topological polar surface area (TPSA) is 52.3 Å². The van der Waals surface area contributed by atoms with Crippen LogP contribution in [0.3, 0.4) is 0 Å². The van der Waals surface area contributed by atoms with E-state index in [1.165, 1.54) is 6.07 Å². The number of imidazole rings is 1. The van der Waals surface area contributed by atoms with E-state index in [-0.39, 0.29) is 0 Å². The van der Waals surface area contributed by atoms with Gasteiger partial charge in [0.25, 0.3) is 0 Å². The molecule has 0 radical (unpaired) electrons. The van der Waals surface area contributed by atoms with Gasteiger partial charge in [-0.2, -0.15) is 0 Å². The van der Waals surface area contributed by atoms with Crippen molar-refractivity contribution in [3.8, 4) is 17.1 Å². The molecule has 0 unspecified atom stereocenters. The quantitative estimate of drug-likeness (QED) is 0.549. The van der Waals surface area contributed by atoms with Crippen molar-refractivity contribution in [3.63, 3.8) is 0 Å². The summed E-state index contributed by atoms with van der Waals surface area (Å²) in [6.07, 6.45) is 3.54. The average molecular weight is 350 g/mol. The van der Waals surface area contributed by atoms with E-state index in [4.69, 9.17) is 9.72 Å². The van der Waals surface area contributed by atoms with Crippen LogP contribution in [0.15, 0.2) is 30.6 Å². The fourth-order valence-corrected chi connectivity index (χ4v) is 3.40. The summed E-state index contributed by atoms with van der Waals surface area (Å²) >= 11 is 0. The van der Waals surface area contributed by atoms with Crippen molar-refractivity contribution in [3.05, 3.63) is 53.4 Å². The Morgan fingerprint density at radius 3 is 2.62 bits per heavy atom. The van der Waals surface area contributed by atoms with Crippen molar-refractivity contribution < 1.29 is 9.13 Å². The highest BCUT2D eigenvalue weighted by molar-refractivity contribution is 5.85. The van der Waals surface area contributed by atoms with Crippen molar-refractivity contribution in [1.29, 1.82) is 0 Å². The lowest BCUT2D eigenvalue weighted by Crippen LogP contribution is -2.01. The molecule has 26 heavy (non-hydrogen) atoms. The highest BCUT2D eigenvalue weighted by Gasteiger charge is 2.19. The Labute approximate surface area is 150 Å². The lowest BCUT2D eigenvalue weighted by molar-refractivity contribution is 0.339. The first-order valence-corrected chi connectivity index (χ1v) is 8.54. The first-order valence-electron chi connectivity index (χ1n) is 8.54. The molecule has 0 N–H and O–H groups in total. The number of ether oxygens (including phenoxy) is 1. The van der Waals surface area contributed by atoms with Crippen LogP contribution >= 0.6 is 0 Å². The van der Waals surface area contributed by atoms with Gasteiger partial charge in [-0.3, -0.25) is 9.38 Å². The lowest BCUT2D eigenvalue weighted by Gasteiger charge is -2.12. The van der Waals surface area contributed by atoms with Gasteiger partial charge in [-0.1, -0.05) is 0 Å². The largest absolute Gasteiger partial charge is 0.494 e. The molecule has 0 aliphatic heterocycles. The second-order valence-corrected chi connectivity index (χ2v) is 6.30. The van der Waals surface area contributed by atoms with Gasteiger partial charge in [0.15, 0.2) is 5.82 Å². The minimum atomic E-state index is -0.403. The molecule has 0 bridgehead atoms. The Balaban J connectivity index is 2.19. The highest BCUT2D eigenvalue weighted by Crippen LogP contribution is 2.32. The molecular formula is C20H19FN4O. The summed E-state index contributed by atoms with van der Waals surface area (Å²) in [6, 6.07) is 5.13. The fraction of sp³-hybridized carbons (Fsp3) is 0.250. The van der Waals surface area contributed by atoms with Gasteiger partial charge in [0.1, 0.15) is 17.1 Å². The Kier molecular flexibility index (Phi) is 3.83. The van der Waals surface area contributed by atoms with Gasteiger partial charge in [0.2, 0.25) is 0 Å². The fourth-order valence-electron chi connectivity index (χ4n) is 3.40. The standard InChI is InChI=1S/C20H19FN4O/c1-5-26-14-8-16(21)18-17(9-14)25-19(12(3)23-18)13(4)24-20(25)15-6-7-22-10-11(15)2/h6-10H,5H2,1-4H3. The third-order valence-corrected chi connectivity index (χ3v) is 4.50. The van der Waals surface area contributed by atoms with E-state index in [0.717, 1.165) is 33.9 Å². The number of pyridine rings is 1. The molecule has 3 heterocycles. The van der Waals surface area contributed by atoms with E-state index in [9.17, 15) is 4.39 Å². The summed E-state index contributed by atoms with van der Waals surface area (Å²) in [7, 11) is 0. The number of hydrogen-bond acceptors (Lipinski definition) is 4. The van der Waals surface area contributed by atoms with Crippen molar-refractivity contribution in [2.24, 2.45) is 0 Å². The first-order chi connectivity index (χ1) is 12.5. The zero-order valence-corrected chi connectivity index (χ0v) is 15.2. The maximum Gasteiger partial charge on any atom is 0.154 e. The molecule has 0 aliphatic carbocycles. The van der Waals surface area contributed by atoms with Crippen LogP contribution in [0.25, 0.3) is 27.9 Å². The third-order valence-electron chi connectivity index (χ3n) is 4.50. The summed E-state index contributed by atoms with van der Waals surface area (Å²) < 4.78 is 22.2. The molecule has 0 amide bonds. The molecule has 0 fully saturated rings. The van der Waals surface area contributed by atoms with Crippen molar-refractivity contribution in [2.75, 3.05) is 6.61 Å². The predicted octanol–water partition coefficient (Wildman–Crippen LogP) is 4.41. The molecule has 3 aromatic heterocycles. The van der Waals surface area contributed by atoms with E-state index < -0.39 is 5.82 Å². The molecule has 0 saturated heterocycles. The number of fused-ring (bicyclic) bond motifs is 3. The molecule has 1 aromatic carbocycles. The van der Waals surface area contributed by atoms with Crippen molar-refractivity contribution >= 4 is 16.6 Å². The van der Waals surface area contributed by atoms with Crippen LogP contribution in [0.5, 0.6) is 5.75 Å². The molecule has 0 atom stereocenters. The normalized spacial score (nSPS) is 11.4. The number of hydrogen-bond donors (Lipinski definition) is 0. The molecule has 132 valence electrons. The number of halogens is 1. The van der Waals surface area contributed by atoms with Crippen LogP contribution in [0.2, 0.25) is 0 Å². The van der Waals surface area contributed by atoms with Crippen LogP contribution in [-0.2, 0) is 0 Å². The summed E-state index contributed by atoms with van der Waals surface area (Å²) in [6.45, 7) is 8.15. The maximum atomic E-state index is 14.7. The van der Waals surface area contributed by atoms with Gasteiger partial charge in [0.05, 0.1) is 29.0 Å². The average Bonchev–Trinajstić information content (AvgIpc) is 2.95. The minimum absolute atomic E-state index is 0.309. The molecule has 4 rings (SSSR count). The van der Waals surface area contributed by atoms with E-state index in [0.29, 0.717) is 23.4 Å². The Hall–Kier alpha value is -3.02. The van der Waals surface area contributed by atoms with E-state index in [2.05, 4.69) is 9.97 Å². The van der Waals surface area contributed by atoms with E-state index >= 15 is 0 Å². The van der Waals surface area contributed by atoms with E-state index in [1.807, 2.05) is 44.2 Å². The lowest BCUT2D eigenvalue weighted by atomic mass is 10.1. The number of benzene rings is 1. The van der Waals surface area contributed by atoms with Gasteiger partial charge in [0, 0.05) is 30.1 Å². The van der Waals surface area contributed by atoms with Crippen LogP contribution in [0.1, 0.15) is 23.9 Å². The minimum Gasteiger partial charge on any atom is -0.494 e. The second kappa shape index (κ2) is 6.05. The van der Waals surface area contributed by atoms with E-state index in [1.54, 1.807) is 12.4 Å². The highest BCUT2D eigenvalue weighted by atomic mass is 19.1. The van der Waals surface area contributed by atoms with Crippen LogP contribution in [-0.4, -0.2) is 26.0 Å². The van der Waals surface area contributed by atoms with Crippen molar-refractivity contribution in [1.82, 2.24) is 19.4 Å². The Morgan fingerprint density at radius 2 is 1.88 bits per heavy atom. The van der Waals surface area contributed by atoms with Gasteiger partial charge in [-0.15, -0.1) is 0 Å². The van der Waals surface area contributed by atoms with Gasteiger partial charge >= 0.3 is 0 Å². The molecule has 6 heteroatoms. The monoisotopic (exact) mass is 350 g/mol. The molecule has 5 nitrogen and oxygen atoms in total. The number of aryl methyl sites for hydroxylation is 3. The Morgan fingerprint density at radius 1 is 1.12 bits per heavy atom. The molecule has 0 saturated carbocycles. The molecule has 0 spiro atoms. The summed E-state index contributed by atoms with van der Waals surface area (Å²) in [4.78, 5) is 13.4. The number of rotatable bonds is 3. The smallest absolute Gasteiger partial charge is 0.154 e. The predicted molar refractivity (Wildman–Crippen MR) is 99.1 cm³/mol. The van der Waals surface area contributed by atoms with Gasteiger partial charge in [-0.25, -0.2) is 14.4 Å². The second-order valence-electron chi connectivity index (χ2n) is 6.30. The zero-order valence-electron chi connectivity index (χ0n) is 15.2. The first kappa shape index (κ1) is 16.4. The summed E-state index contributed by atoms with van der Waals surface area (Å²) in [5, 5.41) is 0. The van der Waals surface area contributed by atoms with Crippen LogP contribution in [0, 0.1) is 26.6 Å². The molecular weight excluding hydrogens is 331 g/mol. The molecule has 4 aromatic rings. The van der Waals surface area contributed by atoms with Gasteiger partial charge in [-0.05, 0) is 39.3 Å². The third kappa shape index (κ3) is 2.41. The van der Waals surface area contributed by atoms with Gasteiger partial charge < -0.3 is 4.74 Å². The van der Waals surface area contributed by atoms with Crippen LogP contribution < -0.4 is 4.74 Å². The maximum absolute atomic E-state index is 14.7. The number of nitrogens with zero attached hydrogens (tertiary/aromatic N) is 4. The SMILES string of the molecule is CCOc1cc(F)c2nc(C)c3c(C)nc(-c4ccncc4C)n3c2c1. The summed E-state index contributed by atoms with van der Waals surface area (Å²) in [5.41, 5.74) is 5.39. The zero-order chi connectivity index (χ0) is 18.4.